The van der Waals surface area contributed by atoms with Crippen molar-refractivity contribution >= 4 is 5.91 Å². The lowest BCUT2D eigenvalue weighted by Crippen LogP contribution is -2.42. The summed E-state index contributed by atoms with van der Waals surface area (Å²) in [6.07, 6.45) is -0.834. The van der Waals surface area contributed by atoms with Crippen LogP contribution in [0, 0.1) is 5.82 Å². The van der Waals surface area contributed by atoms with Crippen molar-refractivity contribution in [1.29, 1.82) is 0 Å². The first-order valence-electron chi connectivity index (χ1n) is 9.59. The van der Waals surface area contributed by atoms with E-state index in [0.29, 0.717) is 17.2 Å². The first-order valence-corrected chi connectivity index (χ1v) is 9.59. The van der Waals surface area contributed by atoms with Gasteiger partial charge in [-0.05, 0) is 75.2 Å². The Kier molecular flexibility index (Phi) is 6.27. The lowest BCUT2D eigenvalue weighted by molar-refractivity contribution is -0.137. The molecule has 1 aliphatic rings. The molecule has 0 bridgehead atoms. The highest BCUT2D eigenvalue weighted by atomic mass is 19.4. The van der Waals surface area contributed by atoms with Gasteiger partial charge in [0.2, 0.25) is 0 Å². The van der Waals surface area contributed by atoms with Crippen LogP contribution in [0.4, 0.5) is 17.6 Å². The quantitative estimate of drug-likeness (QED) is 0.713. The topological polar surface area (TPSA) is 32.3 Å². The standard InChI is InChI=1S/C22H24F4N2O/c1-28(2)18-10-8-17(9-11-18)27-21(29)19-13-15(5-12-20(19)23)14-3-6-16(7-4-14)22(24,25)26/h3-7,12-13,17-18H,8-11H2,1-2H3,(H,27,29). The van der Waals surface area contributed by atoms with Crippen LogP contribution in [0.15, 0.2) is 42.5 Å². The van der Waals surface area contributed by atoms with Gasteiger partial charge in [0, 0.05) is 12.1 Å². The predicted octanol–water partition coefficient (Wildman–Crippen LogP) is 5.11. The van der Waals surface area contributed by atoms with Crippen molar-refractivity contribution < 1.29 is 22.4 Å². The van der Waals surface area contributed by atoms with Crippen LogP contribution in [0.1, 0.15) is 41.6 Å². The van der Waals surface area contributed by atoms with Crippen LogP contribution in [0.25, 0.3) is 11.1 Å². The number of nitrogens with zero attached hydrogens (tertiary/aromatic N) is 1. The third-order valence-electron chi connectivity index (χ3n) is 5.52. The van der Waals surface area contributed by atoms with Gasteiger partial charge in [-0.1, -0.05) is 18.2 Å². The zero-order valence-corrected chi connectivity index (χ0v) is 16.4. The summed E-state index contributed by atoms with van der Waals surface area (Å²) in [6.45, 7) is 0. The highest BCUT2D eigenvalue weighted by Gasteiger charge is 2.30. The fraction of sp³-hybridized carbons (Fsp3) is 0.409. The third-order valence-corrected chi connectivity index (χ3v) is 5.52. The molecule has 0 spiro atoms. The van der Waals surface area contributed by atoms with Crippen molar-refractivity contribution in [3.8, 4) is 11.1 Å². The zero-order valence-electron chi connectivity index (χ0n) is 16.4. The number of carbonyl (C=O) groups excluding carboxylic acids is 1. The van der Waals surface area contributed by atoms with Gasteiger partial charge in [0.25, 0.3) is 5.91 Å². The smallest absolute Gasteiger partial charge is 0.349 e. The number of hydrogen-bond donors (Lipinski definition) is 1. The molecule has 2 aromatic carbocycles. The molecule has 0 aliphatic heterocycles. The number of benzene rings is 2. The van der Waals surface area contributed by atoms with Crippen LogP contribution in [0.5, 0.6) is 0 Å². The lowest BCUT2D eigenvalue weighted by Gasteiger charge is -2.33. The van der Waals surface area contributed by atoms with Crippen molar-refractivity contribution in [1.82, 2.24) is 10.2 Å². The first kappa shape index (κ1) is 21.3. The summed E-state index contributed by atoms with van der Waals surface area (Å²) in [7, 11) is 4.07. The molecule has 2 aromatic rings. The predicted molar refractivity (Wildman–Crippen MR) is 104 cm³/mol. The Morgan fingerprint density at radius 1 is 0.966 bits per heavy atom. The van der Waals surface area contributed by atoms with Crippen molar-refractivity contribution in [2.45, 2.75) is 43.9 Å². The maximum Gasteiger partial charge on any atom is 0.416 e. The molecule has 156 valence electrons. The van der Waals surface area contributed by atoms with Gasteiger partial charge in [-0.25, -0.2) is 4.39 Å². The van der Waals surface area contributed by atoms with Crippen LogP contribution in [-0.2, 0) is 6.18 Å². The van der Waals surface area contributed by atoms with Gasteiger partial charge in [0.15, 0.2) is 0 Å². The molecule has 0 unspecified atom stereocenters. The summed E-state index contributed by atoms with van der Waals surface area (Å²) in [5.41, 5.74) is 0.118. The van der Waals surface area contributed by atoms with Gasteiger partial charge >= 0.3 is 6.18 Å². The Morgan fingerprint density at radius 3 is 2.10 bits per heavy atom. The van der Waals surface area contributed by atoms with Crippen molar-refractivity contribution in [3.05, 3.63) is 59.4 Å². The molecule has 1 saturated carbocycles. The Morgan fingerprint density at radius 2 is 1.55 bits per heavy atom. The number of carbonyl (C=O) groups is 1. The first-order chi connectivity index (χ1) is 13.6. The van der Waals surface area contributed by atoms with E-state index in [1.165, 1.54) is 30.3 Å². The maximum absolute atomic E-state index is 14.3. The van der Waals surface area contributed by atoms with Gasteiger partial charge in [-0.3, -0.25) is 4.79 Å². The molecule has 0 saturated heterocycles. The van der Waals surface area contributed by atoms with Crippen LogP contribution in [-0.4, -0.2) is 37.0 Å². The second-order valence-electron chi connectivity index (χ2n) is 7.71. The van der Waals surface area contributed by atoms with E-state index in [1.807, 2.05) is 14.1 Å². The van der Waals surface area contributed by atoms with Crippen molar-refractivity contribution in [2.75, 3.05) is 14.1 Å². The Balaban J connectivity index is 1.73. The Labute approximate surface area is 167 Å². The minimum Gasteiger partial charge on any atom is -0.349 e. The fourth-order valence-electron chi connectivity index (χ4n) is 3.73. The molecule has 1 fully saturated rings. The Hall–Kier alpha value is -2.41. The van der Waals surface area contributed by atoms with Crippen molar-refractivity contribution in [3.63, 3.8) is 0 Å². The molecule has 1 amide bonds. The van der Waals surface area contributed by atoms with Gasteiger partial charge in [-0.15, -0.1) is 0 Å². The number of amides is 1. The average molecular weight is 408 g/mol. The highest BCUT2D eigenvalue weighted by molar-refractivity contribution is 5.96. The molecule has 7 heteroatoms. The Bertz CT molecular complexity index is 854. The second kappa shape index (κ2) is 8.53. The summed E-state index contributed by atoms with van der Waals surface area (Å²) in [5.74, 6) is -1.15. The summed E-state index contributed by atoms with van der Waals surface area (Å²) < 4.78 is 52.5. The number of nitrogens with one attached hydrogen (secondary N) is 1. The van der Waals surface area contributed by atoms with E-state index in [-0.39, 0.29) is 11.6 Å². The molecular formula is C22H24F4N2O. The number of rotatable bonds is 4. The molecule has 29 heavy (non-hydrogen) atoms. The largest absolute Gasteiger partial charge is 0.416 e. The summed E-state index contributed by atoms with van der Waals surface area (Å²) >= 11 is 0. The van der Waals surface area contributed by atoms with E-state index >= 15 is 0 Å². The molecule has 3 rings (SSSR count). The number of hydrogen-bond acceptors (Lipinski definition) is 2. The number of halogens is 4. The molecule has 0 atom stereocenters. The second-order valence-corrected chi connectivity index (χ2v) is 7.71. The normalized spacial score (nSPS) is 20.0. The molecule has 0 aromatic heterocycles. The fourth-order valence-corrected chi connectivity index (χ4v) is 3.73. The molecule has 0 radical (unpaired) electrons. The van der Waals surface area contributed by atoms with E-state index in [2.05, 4.69) is 10.2 Å². The van der Waals surface area contributed by atoms with Gasteiger partial charge in [0.05, 0.1) is 11.1 Å². The maximum atomic E-state index is 14.3. The monoisotopic (exact) mass is 408 g/mol. The zero-order chi connectivity index (χ0) is 21.2. The van der Waals surface area contributed by atoms with Crippen LogP contribution < -0.4 is 5.32 Å². The third kappa shape index (κ3) is 5.15. The van der Waals surface area contributed by atoms with E-state index < -0.39 is 23.5 Å². The van der Waals surface area contributed by atoms with Crippen LogP contribution in [0.3, 0.4) is 0 Å². The highest BCUT2D eigenvalue weighted by Crippen LogP contribution is 2.31. The minimum absolute atomic E-state index is 0.00664. The van der Waals surface area contributed by atoms with E-state index in [0.717, 1.165) is 37.8 Å². The summed E-state index contributed by atoms with van der Waals surface area (Å²) in [5, 5.41) is 2.90. The van der Waals surface area contributed by atoms with Crippen LogP contribution in [0.2, 0.25) is 0 Å². The number of alkyl halides is 3. The molecule has 3 nitrogen and oxygen atoms in total. The van der Waals surface area contributed by atoms with Crippen LogP contribution >= 0.6 is 0 Å². The molecular weight excluding hydrogens is 384 g/mol. The lowest BCUT2D eigenvalue weighted by atomic mass is 9.90. The SMILES string of the molecule is CN(C)C1CCC(NC(=O)c2cc(-c3ccc(C(F)(F)F)cc3)ccc2F)CC1. The van der Waals surface area contributed by atoms with Gasteiger partial charge in [-0.2, -0.15) is 13.2 Å². The molecule has 0 heterocycles. The van der Waals surface area contributed by atoms with Gasteiger partial charge < -0.3 is 10.2 Å². The van der Waals surface area contributed by atoms with Gasteiger partial charge in [0.1, 0.15) is 5.82 Å². The molecule has 1 N–H and O–H groups in total. The van der Waals surface area contributed by atoms with E-state index in [9.17, 15) is 22.4 Å². The summed E-state index contributed by atoms with van der Waals surface area (Å²) in [6, 6.07) is 9.08. The molecule has 1 aliphatic carbocycles. The van der Waals surface area contributed by atoms with E-state index in [1.54, 1.807) is 0 Å². The van der Waals surface area contributed by atoms with Crippen molar-refractivity contribution in [2.24, 2.45) is 0 Å². The average Bonchev–Trinajstić information content (AvgIpc) is 2.68. The van der Waals surface area contributed by atoms with E-state index in [4.69, 9.17) is 0 Å². The minimum atomic E-state index is -4.42. The summed E-state index contributed by atoms with van der Waals surface area (Å²) in [4.78, 5) is 14.8.